The fraction of sp³-hybridized carbons (Fsp3) is 0.250. The Morgan fingerprint density at radius 1 is 0.440 bits per heavy atom. The summed E-state index contributed by atoms with van der Waals surface area (Å²) in [5, 5.41) is 1.75. The Labute approximate surface area is 289 Å². The standard InChI is InChI=1S/C40H36N4O6/c1-47-33-19-20-34(48-2)30-22-42-38(46)44-24-32-31(35(49-3)27-17-11-12-18-28(27)36(32)50-4)23-43-37(45)41(21-29(30)33)39(42,25-13-7-5-8-14-25)40(43,44)26-15-9-6-10-16-26/h5-20H,21-24H2,1-4H3. The molecule has 0 aliphatic carbocycles. The molecule has 0 N–H and O–H groups in total. The molecule has 0 radical (unpaired) electrons. The lowest BCUT2D eigenvalue weighted by Crippen LogP contribution is -2.62. The predicted molar refractivity (Wildman–Crippen MR) is 186 cm³/mol. The minimum atomic E-state index is -1.33. The van der Waals surface area contributed by atoms with Crippen molar-refractivity contribution in [2.24, 2.45) is 0 Å². The summed E-state index contributed by atoms with van der Waals surface area (Å²) in [6.45, 7) is 0.685. The second-order valence-electron chi connectivity index (χ2n) is 13.0. The van der Waals surface area contributed by atoms with E-state index in [9.17, 15) is 0 Å². The van der Waals surface area contributed by atoms with Crippen LogP contribution >= 0.6 is 0 Å². The minimum absolute atomic E-state index is 0.165. The predicted octanol–water partition coefficient (Wildman–Crippen LogP) is 6.78. The molecule has 0 bridgehead atoms. The molecule has 0 unspecified atom stereocenters. The third kappa shape index (κ3) is 3.47. The van der Waals surface area contributed by atoms with Gasteiger partial charge in [-0.1, -0.05) is 84.9 Å². The van der Waals surface area contributed by atoms with Gasteiger partial charge in [-0.3, -0.25) is 19.6 Å². The van der Waals surface area contributed by atoms with Crippen molar-refractivity contribution in [1.82, 2.24) is 19.6 Å². The van der Waals surface area contributed by atoms with Gasteiger partial charge in [0.05, 0.1) is 54.6 Å². The molecule has 0 atom stereocenters. The van der Waals surface area contributed by atoms with Crippen molar-refractivity contribution in [1.29, 1.82) is 0 Å². The second-order valence-corrected chi connectivity index (χ2v) is 13.0. The van der Waals surface area contributed by atoms with E-state index in [4.69, 9.17) is 18.9 Å². The Balaban J connectivity index is 1.43. The summed E-state index contributed by atoms with van der Waals surface area (Å²) in [4.78, 5) is 38.8. The van der Waals surface area contributed by atoms with Crippen LogP contribution in [0.3, 0.4) is 0 Å². The van der Waals surface area contributed by atoms with Crippen molar-refractivity contribution in [3.8, 4) is 23.0 Å². The monoisotopic (exact) mass is 668 g/mol. The van der Waals surface area contributed by atoms with Crippen LogP contribution in [0.25, 0.3) is 10.8 Å². The Bertz CT molecular complexity index is 2100. The van der Waals surface area contributed by atoms with E-state index in [-0.39, 0.29) is 38.2 Å². The van der Waals surface area contributed by atoms with Gasteiger partial charge in [-0.2, -0.15) is 0 Å². The normalized spacial score (nSPS) is 21.8. The number of nitrogens with zero attached hydrogens (tertiary/aromatic N) is 4. The Hall–Kier alpha value is -5.90. The van der Waals surface area contributed by atoms with E-state index in [0.29, 0.717) is 23.0 Å². The SMILES string of the molecule is COc1ccc(OC)c2c1CN1C(=O)N3Cc4c(c(OC)c5ccccc5c4OC)CN4C(=O)N(C2)C1(c1ccccc1)C34c1ccccc1. The van der Waals surface area contributed by atoms with Crippen LogP contribution < -0.4 is 18.9 Å². The maximum atomic E-state index is 15.6. The number of carbonyl (C=O) groups is 2. The van der Waals surface area contributed by atoms with Crippen molar-refractivity contribution in [2.75, 3.05) is 28.4 Å². The molecular formula is C40H36N4O6. The Morgan fingerprint density at radius 2 is 0.780 bits per heavy atom. The molecule has 2 fully saturated rings. The van der Waals surface area contributed by atoms with Crippen LogP contribution in [0.5, 0.6) is 23.0 Å². The van der Waals surface area contributed by atoms with Gasteiger partial charge in [0.1, 0.15) is 23.0 Å². The lowest BCUT2D eigenvalue weighted by atomic mass is 9.79. The molecule has 4 aliphatic rings. The largest absolute Gasteiger partial charge is 0.496 e. The van der Waals surface area contributed by atoms with E-state index in [1.54, 1.807) is 28.4 Å². The van der Waals surface area contributed by atoms with E-state index < -0.39 is 11.3 Å². The number of hydrogen-bond acceptors (Lipinski definition) is 6. The molecule has 0 aromatic heterocycles. The van der Waals surface area contributed by atoms with Gasteiger partial charge in [0.2, 0.25) is 0 Å². The van der Waals surface area contributed by atoms with Crippen LogP contribution in [-0.2, 0) is 37.5 Å². The van der Waals surface area contributed by atoms with Crippen LogP contribution in [0.2, 0.25) is 0 Å². The molecule has 50 heavy (non-hydrogen) atoms. The molecule has 4 amide bonds. The number of urea groups is 2. The lowest BCUT2D eigenvalue weighted by Gasteiger charge is -2.49. The molecule has 0 spiro atoms. The third-order valence-electron chi connectivity index (χ3n) is 11.1. The number of hydrogen-bond donors (Lipinski definition) is 0. The Morgan fingerprint density at radius 3 is 1.12 bits per heavy atom. The summed E-state index contributed by atoms with van der Waals surface area (Å²) in [5.41, 5.74) is 2.20. The van der Waals surface area contributed by atoms with E-state index in [1.165, 1.54) is 0 Å². The zero-order valence-corrected chi connectivity index (χ0v) is 28.3. The summed E-state index contributed by atoms with van der Waals surface area (Å²) in [6, 6.07) is 31.1. The van der Waals surface area contributed by atoms with Gasteiger partial charge in [-0.25, -0.2) is 9.59 Å². The molecule has 5 aromatic rings. The Kier molecular flexibility index (Phi) is 6.52. The van der Waals surface area contributed by atoms with Crippen LogP contribution in [-0.4, -0.2) is 60.1 Å². The number of amides is 4. The zero-order chi connectivity index (χ0) is 34.4. The summed E-state index contributed by atoms with van der Waals surface area (Å²) >= 11 is 0. The smallest absolute Gasteiger partial charge is 0.325 e. The fourth-order valence-electron chi connectivity index (χ4n) is 9.28. The summed E-state index contributed by atoms with van der Waals surface area (Å²) in [6.07, 6.45) is 0. The number of methoxy groups -OCH3 is 4. The van der Waals surface area contributed by atoms with Crippen molar-refractivity contribution in [3.05, 3.63) is 130 Å². The topological polar surface area (TPSA) is 84.0 Å². The molecule has 0 saturated carbocycles. The average molecular weight is 669 g/mol. The fourth-order valence-corrected chi connectivity index (χ4v) is 9.28. The van der Waals surface area contributed by atoms with Crippen LogP contribution in [0.4, 0.5) is 9.59 Å². The summed E-state index contributed by atoms with van der Waals surface area (Å²) in [5.74, 6) is 2.57. The number of carbonyl (C=O) groups excluding carboxylic acids is 2. The van der Waals surface area contributed by atoms with E-state index >= 15 is 9.59 Å². The quantitative estimate of drug-likeness (QED) is 0.198. The molecule has 10 nitrogen and oxygen atoms in total. The number of fused-ring (bicyclic) bond motifs is 3. The molecule has 4 heterocycles. The highest BCUT2D eigenvalue weighted by atomic mass is 16.5. The van der Waals surface area contributed by atoms with E-state index in [0.717, 1.165) is 44.2 Å². The van der Waals surface area contributed by atoms with Gasteiger partial charge in [-0.15, -0.1) is 0 Å². The van der Waals surface area contributed by atoms with E-state index in [1.807, 2.05) is 117 Å². The zero-order valence-electron chi connectivity index (χ0n) is 28.3. The highest BCUT2D eigenvalue weighted by Gasteiger charge is 2.81. The minimum Gasteiger partial charge on any atom is -0.496 e. The molecule has 2 saturated heterocycles. The van der Waals surface area contributed by atoms with E-state index in [2.05, 4.69) is 0 Å². The first-order valence-electron chi connectivity index (χ1n) is 16.6. The van der Waals surface area contributed by atoms with Gasteiger partial charge in [0, 0.05) is 44.2 Å². The summed E-state index contributed by atoms with van der Waals surface area (Å²) < 4.78 is 24.2. The molecular weight excluding hydrogens is 632 g/mol. The number of rotatable bonds is 6. The molecule has 5 aromatic carbocycles. The van der Waals surface area contributed by atoms with Crippen molar-refractivity contribution in [2.45, 2.75) is 37.5 Å². The maximum absolute atomic E-state index is 15.6. The van der Waals surface area contributed by atoms with Crippen molar-refractivity contribution >= 4 is 22.8 Å². The van der Waals surface area contributed by atoms with Gasteiger partial charge in [0.25, 0.3) is 0 Å². The van der Waals surface area contributed by atoms with Gasteiger partial charge in [-0.05, 0) is 12.1 Å². The highest BCUT2D eigenvalue weighted by Crippen LogP contribution is 2.66. The van der Waals surface area contributed by atoms with Crippen molar-refractivity contribution < 1.29 is 28.5 Å². The third-order valence-corrected chi connectivity index (χ3v) is 11.1. The van der Waals surface area contributed by atoms with Crippen LogP contribution in [0, 0.1) is 0 Å². The average Bonchev–Trinajstić information content (AvgIpc) is 3.32. The van der Waals surface area contributed by atoms with Gasteiger partial charge >= 0.3 is 12.1 Å². The molecule has 9 rings (SSSR count). The summed E-state index contributed by atoms with van der Waals surface area (Å²) in [7, 11) is 6.56. The van der Waals surface area contributed by atoms with Gasteiger partial charge in [0.15, 0.2) is 11.3 Å². The molecule has 4 aliphatic heterocycles. The maximum Gasteiger partial charge on any atom is 0.325 e. The van der Waals surface area contributed by atoms with Gasteiger partial charge < -0.3 is 18.9 Å². The first-order chi connectivity index (χ1) is 24.5. The first kappa shape index (κ1) is 30.2. The number of ether oxygens (including phenoxy) is 4. The van der Waals surface area contributed by atoms with Crippen LogP contribution in [0.15, 0.2) is 97.1 Å². The second kappa shape index (κ2) is 10.8. The molecule has 252 valence electrons. The number of benzene rings is 5. The van der Waals surface area contributed by atoms with Crippen LogP contribution in [0.1, 0.15) is 33.4 Å². The first-order valence-corrected chi connectivity index (χ1v) is 16.6. The van der Waals surface area contributed by atoms with Crippen molar-refractivity contribution in [3.63, 3.8) is 0 Å². The molecule has 10 heteroatoms. The highest BCUT2D eigenvalue weighted by molar-refractivity contribution is 5.97. The lowest BCUT2D eigenvalue weighted by molar-refractivity contribution is -0.0795.